The topological polar surface area (TPSA) is 33.1 Å². The Kier molecular flexibility index (Phi) is 2.88. The first kappa shape index (κ1) is 11.4. The monoisotopic (exact) mass is 239 g/mol. The highest BCUT2D eigenvalue weighted by molar-refractivity contribution is 5.40. The fraction of sp³-hybridized carbons (Fsp3) is 0.312. The fourth-order valence-corrected chi connectivity index (χ4v) is 2.80. The quantitative estimate of drug-likeness (QED) is 0.892. The number of pyridine rings is 1. The third-order valence-electron chi connectivity index (χ3n) is 3.83. The number of hydrogen-bond acceptors (Lipinski definition) is 2. The Morgan fingerprint density at radius 1 is 1.28 bits per heavy atom. The smallest absolute Gasteiger partial charge is 0.0968 e. The molecule has 1 N–H and O–H groups in total. The number of hydrogen-bond donors (Lipinski definition) is 1. The number of aromatic nitrogens is 1. The van der Waals surface area contributed by atoms with E-state index >= 15 is 0 Å². The zero-order valence-electron chi connectivity index (χ0n) is 10.5. The molecule has 2 unspecified atom stereocenters. The lowest BCUT2D eigenvalue weighted by molar-refractivity contribution is 0.148. The van der Waals surface area contributed by atoms with Crippen LogP contribution < -0.4 is 0 Å². The van der Waals surface area contributed by atoms with Crippen molar-refractivity contribution in [2.45, 2.75) is 31.8 Å². The van der Waals surface area contributed by atoms with Crippen LogP contribution in [0.2, 0.25) is 0 Å². The Labute approximate surface area is 107 Å². The second-order valence-electron chi connectivity index (χ2n) is 5.06. The maximum absolute atomic E-state index is 10.3. The van der Waals surface area contributed by atoms with E-state index < -0.39 is 6.10 Å². The van der Waals surface area contributed by atoms with Crippen LogP contribution in [0.1, 0.15) is 40.8 Å². The molecule has 1 heterocycles. The minimum Gasteiger partial charge on any atom is -0.387 e. The van der Waals surface area contributed by atoms with Gasteiger partial charge in [-0.05, 0) is 48.4 Å². The highest BCUT2D eigenvalue weighted by Crippen LogP contribution is 2.40. The van der Waals surface area contributed by atoms with Gasteiger partial charge < -0.3 is 5.11 Å². The number of rotatable bonds is 3. The zero-order valence-corrected chi connectivity index (χ0v) is 10.5. The van der Waals surface area contributed by atoms with Crippen molar-refractivity contribution in [2.75, 3.05) is 0 Å². The summed E-state index contributed by atoms with van der Waals surface area (Å²) in [5.74, 6) is 0.484. The molecular formula is C16H17NO. The van der Waals surface area contributed by atoms with Crippen LogP contribution in [0, 0.1) is 6.92 Å². The van der Waals surface area contributed by atoms with E-state index in [-0.39, 0.29) is 0 Å². The van der Waals surface area contributed by atoms with Gasteiger partial charge in [0.25, 0.3) is 0 Å². The average molecular weight is 239 g/mol. The van der Waals surface area contributed by atoms with Gasteiger partial charge in [-0.3, -0.25) is 4.98 Å². The molecule has 0 radical (unpaired) electrons. The molecule has 0 fully saturated rings. The number of aryl methyl sites for hydroxylation is 1. The van der Waals surface area contributed by atoms with E-state index in [1.165, 1.54) is 11.1 Å². The molecule has 2 nitrogen and oxygen atoms in total. The third kappa shape index (κ3) is 1.93. The molecule has 0 bridgehead atoms. The van der Waals surface area contributed by atoms with E-state index in [1.54, 1.807) is 6.20 Å². The van der Waals surface area contributed by atoms with E-state index in [0.717, 1.165) is 24.1 Å². The number of fused-ring (bicyclic) bond motifs is 1. The predicted molar refractivity (Wildman–Crippen MR) is 71.4 cm³/mol. The summed E-state index contributed by atoms with van der Waals surface area (Å²) in [5, 5.41) is 10.3. The van der Waals surface area contributed by atoms with Gasteiger partial charge in [-0.2, -0.15) is 0 Å². The van der Waals surface area contributed by atoms with Crippen LogP contribution in [-0.4, -0.2) is 10.1 Å². The minimum absolute atomic E-state index is 0.454. The summed E-state index contributed by atoms with van der Waals surface area (Å²) in [7, 11) is 0. The molecule has 3 rings (SSSR count). The maximum Gasteiger partial charge on any atom is 0.0968 e. The molecule has 0 amide bonds. The molecule has 92 valence electrons. The highest BCUT2D eigenvalue weighted by Gasteiger charge is 2.28. The maximum atomic E-state index is 10.3. The number of aliphatic hydroxyl groups is 1. The molecule has 1 aromatic carbocycles. The van der Waals surface area contributed by atoms with Crippen molar-refractivity contribution in [3.8, 4) is 0 Å². The summed E-state index contributed by atoms with van der Waals surface area (Å²) in [4.78, 5) is 4.30. The lowest BCUT2D eigenvalue weighted by Crippen LogP contribution is -2.20. The molecule has 0 saturated carbocycles. The van der Waals surface area contributed by atoms with E-state index in [2.05, 4.69) is 29.2 Å². The van der Waals surface area contributed by atoms with Crippen molar-refractivity contribution >= 4 is 0 Å². The van der Waals surface area contributed by atoms with Crippen molar-refractivity contribution < 1.29 is 5.11 Å². The largest absolute Gasteiger partial charge is 0.387 e. The van der Waals surface area contributed by atoms with E-state index in [1.807, 2.05) is 19.1 Å². The van der Waals surface area contributed by atoms with E-state index in [4.69, 9.17) is 0 Å². The van der Waals surface area contributed by atoms with Crippen molar-refractivity contribution in [1.82, 2.24) is 4.98 Å². The number of aliphatic hydroxyl groups excluding tert-OH is 1. The van der Waals surface area contributed by atoms with Crippen molar-refractivity contribution in [1.29, 1.82) is 0 Å². The Balaban J connectivity index is 1.74. The molecule has 0 saturated heterocycles. The van der Waals surface area contributed by atoms with Crippen LogP contribution in [0.25, 0.3) is 0 Å². The molecule has 0 aliphatic heterocycles. The van der Waals surface area contributed by atoms with E-state index in [0.29, 0.717) is 5.92 Å². The fourth-order valence-electron chi connectivity index (χ4n) is 2.80. The van der Waals surface area contributed by atoms with Gasteiger partial charge in [-0.1, -0.05) is 30.3 Å². The summed E-state index contributed by atoms with van der Waals surface area (Å²) in [6.07, 6.45) is 3.15. The summed E-state index contributed by atoms with van der Waals surface area (Å²) >= 11 is 0. The van der Waals surface area contributed by atoms with Crippen molar-refractivity contribution in [3.05, 3.63) is 65.0 Å². The SMILES string of the molecule is Cc1cccnc1C(O)CC1Cc2ccccc21. The van der Waals surface area contributed by atoms with Crippen LogP contribution >= 0.6 is 0 Å². The van der Waals surface area contributed by atoms with Crippen LogP contribution in [0.4, 0.5) is 0 Å². The molecule has 1 aliphatic carbocycles. The number of benzene rings is 1. The van der Waals surface area contributed by atoms with Crippen molar-refractivity contribution in [3.63, 3.8) is 0 Å². The Bertz CT molecular complexity index is 565. The molecule has 2 aromatic rings. The normalized spacial score (nSPS) is 18.9. The van der Waals surface area contributed by atoms with Crippen molar-refractivity contribution in [2.24, 2.45) is 0 Å². The lowest BCUT2D eigenvalue weighted by atomic mass is 9.74. The van der Waals surface area contributed by atoms with Gasteiger partial charge in [0, 0.05) is 6.20 Å². The van der Waals surface area contributed by atoms with Gasteiger partial charge in [-0.15, -0.1) is 0 Å². The molecule has 0 spiro atoms. The first-order chi connectivity index (χ1) is 8.75. The van der Waals surface area contributed by atoms with Gasteiger partial charge in [0.1, 0.15) is 0 Å². The summed E-state index contributed by atoms with van der Waals surface area (Å²) in [5.41, 5.74) is 4.71. The molecule has 1 aromatic heterocycles. The van der Waals surface area contributed by atoms with Gasteiger partial charge >= 0.3 is 0 Å². The first-order valence-corrected chi connectivity index (χ1v) is 6.43. The van der Waals surface area contributed by atoms with Gasteiger partial charge in [0.05, 0.1) is 11.8 Å². The molecule has 18 heavy (non-hydrogen) atoms. The van der Waals surface area contributed by atoms with E-state index in [9.17, 15) is 5.11 Å². The standard InChI is InChI=1S/C16H17NO/c1-11-5-4-8-17-16(11)15(18)10-13-9-12-6-2-3-7-14(12)13/h2-8,13,15,18H,9-10H2,1H3. The molecular weight excluding hydrogens is 222 g/mol. The minimum atomic E-state index is -0.454. The molecule has 2 heteroatoms. The second kappa shape index (κ2) is 4.54. The second-order valence-corrected chi connectivity index (χ2v) is 5.06. The van der Waals surface area contributed by atoms with Crippen LogP contribution in [0.5, 0.6) is 0 Å². The average Bonchev–Trinajstić information content (AvgIpc) is 2.36. The lowest BCUT2D eigenvalue weighted by Gasteiger charge is -2.31. The van der Waals surface area contributed by atoms with Crippen LogP contribution in [-0.2, 0) is 6.42 Å². The molecule has 2 atom stereocenters. The molecule has 1 aliphatic rings. The Morgan fingerprint density at radius 2 is 2.11 bits per heavy atom. The highest BCUT2D eigenvalue weighted by atomic mass is 16.3. The van der Waals surface area contributed by atoms with Gasteiger partial charge in [0.15, 0.2) is 0 Å². The first-order valence-electron chi connectivity index (χ1n) is 6.43. The summed E-state index contributed by atoms with van der Waals surface area (Å²) in [6.45, 7) is 2.00. The summed E-state index contributed by atoms with van der Waals surface area (Å²) < 4.78 is 0. The number of nitrogens with zero attached hydrogens (tertiary/aromatic N) is 1. The predicted octanol–water partition coefficient (Wildman–Crippen LogP) is 3.15. The van der Waals surface area contributed by atoms with Crippen LogP contribution in [0.3, 0.4) is 0 Å². The van der Waals surface area contributed by atoms with Gasteiger partial charge in [0.2, 0.25) is 0 Å². The van der Waals surface area contributed by atoms with Gasteiger partial charge in [-0.25, -0.2) is 0 Å². The Hall–Kier alpha value is -1.67. The van der Waals surface area contributed by atoms with Crippen LogP contribution in [0.15, 0.2) is 42.6 Å². The zero-order chi connectivity index (χ0) is 12.5. The Morgan fingerprint density at radius 3 is 2.89 bits per heavy atom. The summed E-state index contributed by atoms with van der Waals surface area (Å²) in [6, 6.07) is 12.4. The third-order valence-corrected chi connectivity index (χ3v) is 3.83.